The second-order valence-electron chi connectivity index (χ2n) is 5.21. The molecule has 118 valence electrons. The Hall–Kier alpha value is -0.910. The molecule has 0 saturated heterocycles. The molecule has 0 fully saturated rings. The van der Waals surface area contributed by atoms with E-state index in [9.17, 15) is 4.79 Å². The lowest BCUT2D eigenvalue weighted by Gasteiger charge is -2.23. The van der Waals surface area contributed by atoms with Crippen LogP contribution in [-0.2, 0) is 11.3 Å². The summed E-state index contributed by atoms with van der Waals surface area (Å²) in [5.74, 6) is -0.314. The summed E-state index contributed by atoms with van der Waals surface area (Å²) < 4.78 is 5.63. The molecule has 0 spiro atoms. The van der Waals surface area contributed by atoms with Crippen molar-refractivity contribution in [3.63, 3.8) is 0 Å². The monoisotopic (exact) mass is 356 g/mol. The quantitative estimate of drug-likeness (QED) is 0.574. The second-order valence-corrected chi connectivity index (χ2v) is 6.07. The average molecular weight is 357 g/mol. The van der Waals surface area contributed by atoms with Crippen LogP contribution in [0.1, 0.15) is 36.2 Å². The number of ether oxygens (including phenoxy) is 1. The van der Waals surface area contributed by atoms with Crippen LogP contribution >= 0.6 is 15.9 Å². The Labute approximate surface area is 136 Å². The Morgan fingerprint density at radius 1 is 1.48 bits per heavy atom. The zero-order valence-electron chi connectivity index (χ0n) is 13.3. The summed E-state index contributed by atoms with van der Waals surface area (Å²) in [6.07, 6.45) is 1.16. The highest BCUT2D eigenvalue weighted by atomic mass is 79.9. The molecule has 1 unspecified atom stereocenters. The van der Waals surface area contributed by atoms with Crippen LogP contribution in [-0.4, -0.2) is 44.2 Å². The lowest BCUT2D eigenvalue weighted by atomic mass is 10.1. The second kappa shape index (κ2) is 9.18. The third-order valence-corrected chi connectivity index (χ3v) is 4.51. The molecule has 0 aromatic heterocycles. The number of carbonyl (C=O) groups excluding carboxylic acids is 1. The third kappa shape index (κ3) is 5.77. The molecule has 1 atom stereocenters. The van der Waals surface area contributed by atoms with E-state index in [0.717, 1.165) is 36.1 Å². The lowest BCUT2D eigenvalue weighted by molar-refractivity contribution is 0.0600. The molecule has 5 heteroatoms. The van der Waals surface area contributed by atoms with Gasteiger partial charge in [-0.2, -0.15) is 0 Å². The van der Waals surface area contributed by atoms with Gasteiger partial charge in [-0.1, -0.05) is 28.9 Å². The van der Waals surface area contributed by atoms with Gasteiger partial charge in [-0.15, -0.1) is 0 Å². The van der Waals surface area contributed by atoms with Gasteiger partial charge < -0.3 is 15.0 Å². The predicted molar refractivity (Wildman–Crippen MR) is 89.6 cm³/mol. The molecule has 0 saturated carbocycles. The number of halogens is 1. The van der Waals surface area contributed by atoms with E-state index < -0.39 is 0 Å². The van der Waals surface area contributed by atoms with Crippen LogP contribution in [0.15, 0.2) is 22.7 Å². The average Bonchev–Trinajstić information content (AvgIpc) is 2.50. The van der Waals surface area contributed by atoms with Crippen molar-refractivity contribution in [1.82, 2.24) is 10.2 Å². The summed E-state index contributed by atoms with van der Waals surface area (Å²) in [5.41, 5.74) is 1.69. The van der Waals surface area contributed by atoms with Gasteiger partial charge in [0.05, 0.1) is 12.7 Å². The third-order valence-electron chi connectivity index (χ3n) is 3.77. The molecular formula is C16H25BrN2O2. The molecule has 0 amide bonds. The largest absolute Gasteiger partial charge is 0.465 e. The van der Waals surface area contributed by atoms with Crippen molar-refractivity contribution in [2.75, 3.05) is 27.2 Å². The van der Waals surface area contributed by atoms with E-state index in [1.54, 1.807) is 12.1 Å². The Balaban J connectivity index is 2.44. The first-order valence-corrected chi connectivity index (χ1v) is 8.06. The zero-order valence-corrected chi connectivity index (χ0v) is 14.9. The molecule has 1 aromatic carbocycles. The van der Waals surface area contributed by atoms with Crippen molar-refractivity contribution in [1.29, 1.82) is 0 Å². The topological polar surface area (TPSA) is 41.6 Å². The number of benzene rings is 1. The summed E-state index contributed by atoms with van der Waals surface area (Å²) in [6.45, 7) is 7.17. The number of esters is 1. The maximum absolute atomic E-state index is 11.4. The smallest absolute Gasteiger partial charge is 0.337 e. The molecule has 0 heterocycles. The van der Waals surface area contributed by atoms with Crippen molar-refractivity contribution in [3.8, 4) is 0 Å². The van der Waals surface area contributed by atoms with E-state index in [2.05, 4.69) is 47.0 Å². The maximum atomic E-state index is 11.4. The van der Waals surface area contributed by atoms with Crippen molar-refractivity contribution < 1.29 is 9.53 Å². The van der Waals surface area contributed by atoms with E-state index in [4.69, 9.17) is 4.74 Å². The molecule has 1 aromatic rings. The fraction of sp³-hybridized carbons (Fsp3) is 0.562. The first kappa shape index (κ1) is 18.1. The maximum Gasteiger partial charge on any atom is 0.337 e. The summed E-state index contributed by atoms with van der Waals surface area (Å²) in [6, 6.07) is 6.15. The normalized spacial score (nSPS) is 12.5. The van der Waals surface area contributed by atoms with Crippen LogP contribution in [0, 0.1) is 0 Å². The van der Waals surface area contributed by atoms with Crippen molar-refractivity contribution in [2.24, 2.45) is 0 Å². The Morgan fingerprint density at radius 2 is 2.19 bits per heavy atom. The molecule has 0 aliphatic heterocycles. The van der Waals surface area contributed by atoms with Crippen LogP contribution < -0.4 is 5.32 Å². The molecule has 0 radical (unpaired) electrons. The first-order chi connectivity index (χ1) is 9.99. The van der Waals surface area contributed by atoms with Gasteiger partial charge >= 0.3 is 5.97 Å². The Kier molecular flexibility index (Phi) is 7.93. The van der Waals surface area contributed by atoms with Crippen molar-refractivity contribution in [3.05, 3.63) is 33.8 Å². The number of nitrogens with one attached hydrogen (secondary N) is 1. The fourth-order valence-electron chi connectivity index (χ4n) is 1.95. The summed E-state index contributed by atoms with van der Waals surface area (Å²) >= 11 is 3.50. The molecule has 21 heavy (non-hydrogen) atoms. The van der Waals surface area contributed by atoms with Crippen molar-refractivity contribution >= 4 is 21.9 Å². The van der Waals surface area contributed by atoms with Gasteiger partial charge in [-0.25, -0.2) is 4.79 Å². The number of rotatable bonds is 8. The van der Waals surface area contributed by atoms with E-state index in [-0.39, 0.29) is 5.97 Å². The highest BCUT2D eigenvalue weighted by molar-refractivity contribution is 9.10. The zero-order chi connectivity index (χ0) is 15.8. The minimum atomic E-state index is -0.314. The van der Waals surface area contributed by atoms with Gasteiger partial charge in [0.15, 0.2) is 0 Å². The van der Waals surface area contributed by atoms with Gasteiger partial charge in [0.2, 0.25) is 0 Å². The summed E-state index contributed by atoms with van der Waals surface area (Å²) in [5, 5.41) is 3.43. The number of carbonyl (C=O) groups is 1. The van der Waals surface area contributed by atoms with E-state index in [1.807, 2.05) is 6.07 Å². The molecular weight excluding hydrogens is 332 g/mol. The lowest BCUT2D eigenvalue weighted by Crippen LogP contribution is -2.34. The predicted octanol–water partition coefficient (Wildman–Crippen LogP) is 3.06. The molecule has 1 rings (SSSR count). The van der Waals surface area contributed by atoms with E-state index in [1.165, 1.54) is 7.11 Å². The van der Waals surface area contributed by atoms with Gasteiger partial charge in [-0.05, 0) is 38.1 Å². The SMILES string of the molecule is CCC(C)N(C)CCNCc1ccc(C(=O)OC)cc1Br. The van der Waals surface area contributed by atoms with E-state index >= 15 is 0 Å². The number of likely N-dealkylation sites (N-methyl/N-ethyl adjacent to an activating group) is 1. The molecule has 0 aliphatic rings. The molecule has 0 aliphatic carbocycles. The Bertz CT molecular complexity index is 466. The van der Waals surface area contributed by atoms with E-state index in [0.29, 0.717) is 11.6 Å². The van der Waals surface area contributed by atoms with Gasteiger partial charge in [0.25, 0.3) is 0 Å². The minimum Gasteiger partial charge on any atom is -0.465 e. The number of nitrogens with zero attached hydrogens (tertiary/aromatic N) is 1. The van der Waals surface area contributed by atoms with Gasteiger partial charge in [-0.3, -0.25) is 0 Å². The summed E-state index contributed by atoms with van der Waals surface area (Å²) in [7, 11) is 3.54. The number of methoxy groups -OCH3 is 1. The van der Waals surface area contributed by atoms with Gasteiger partial charge in [0.1, 0.15) is 0 Å². The molecule has 1 N–H and O–H groups in total. The molecule has 4 nitrogen and oxygen atoms in total. The number of hydrogen-bond donors (Lipinski definition) is 1. The summed E-state index contributed by atoms with van der Waals surface area (Å²) in [4.78, 5) is 13.8. The van der Waals surface area contributed by atoms with Crippen molar-refractivity contribution in [2.45, 2.75) is 32.9 Å². The standard InChI is InChI=1S/C16H25BrN2O2/c1-5-12(2)19(3)9-8-18-11-14-7-6-13(10-15(14)17)16(20)21-4/h6-7,10,12,18H,5,8-9,11H2,1-4H3. The van der Waals surface area contributed by atoms with Crippen LogP contribution in [0.4, 0.5) is 0 Å². The fourth-order valence-corrected chi connectivity index (χ4v) is 2.47. The highest BCUT2D eigenvalue weighted by Crippen LogP contribution is 2.19. The van der Waals surface area contributed by atoms with Crippen LogP contribution in [0.2, 0.25) is 0 Å². The highest BCUT2D eigenvalue weighted by Gasteiger charge is 2.09. The molecule has 0 bridgehead atoms. The Morgan fingerprint density at radius 3 is 2.76 bits per heavy atom. The number of hydrogen-bond acceptors (Lipinski definition) is 4. The minimum absolute atomic E-state index is 0.314. The van der Waals surface area contributed by atoms with Gasteiger partial charge in [0, 0.05) is 30.1 Å². The van der Waals surface area contributed by atoms with Crippen LogP contribution in [0.25, 0.3) is 0 Å². The van der Waals surface area contributed by atoms with Crippen LogP contribution in [0.5, 0.6) is 0 Å². The van der Waals surface area contributed by atoms with Crippen LogP contribution in [0.3, 0.4) is 0 Å². The first-order valence-electron chi connectivity index (χ1n) is 7.27.